The lowest BCUT2D eigenvalue weighted by molar-refractivity contribution is -0.236. The smallest absolute Gasteiger partial charge is 0.306 e. The van der Waals surface area contributed by atoms with Crippen molar-refractivity contribution in [1.29, 1.82) is 0 Å². The lowest BCUT2D eigenvalue weighted by atomic mass is 9.43. The number of aliphatic hydroxyl groups excluding tert-OH is 1. The number of fused-ring (bicyclic) bond motifs is 5. The number of allylic oxidation sites excluding steroid dienone is 1. The van der Waals surface area contributed by atoms with E-state index in [4.69, 9.17) is 9.47 Å². The van der Waals surface area contributed by atoms with Crippen LogP contribution < -0.4 is 0 Å². The molecule has 4 aliphatic carbocycles. The van der Waals surface area contributed by atoms with Crippen molar-refractivity contribution in [3.8, 4) is 0 Å². The molecule has 4 aliphatic rings. The van der Waals surface area contributed by atoms with Crippen LogP contribution in [0, 0.1) is 34.5 Å². The van der Waals surface area contributed by atoms with E-state index in [2.05, 4.69) is 0 Å². The Balaban J connectivity index is 1.81. The molecule has 38 heavy (non-hydrogen) atoms. The minimum absolute atomic E-state index is 0.0175. The van der Waals surface area contributed by atoms with Crippen molar-refractivity contribution >= 4 is 29.8 Å². The Morgan fingerprint density at radius 3 is 2.39 bits per heavy atom. The number of halogens is 1. The van der Waals surface area contributed by atoms with Crippen LogP contribution in [0.3, 0.4) is 0 Å². The van der Waals surface area contributed by atoms with Crippen molar-refractivity contribution in [3.63, 3.8) is 0 Å². The van der Waals surface area contributed by atoms with E-state index in [0.29, 0.717) is 31.1 Å². The number of ketones is 2. The van der Waals surface area contributed by atoms with Gasteiger partial charge in [-0.15, -0.1) is 0 Å². The van der Waals surface area contributed by atoms with E-state index >= 15 is 4.39 Å². The summed E-state index contributed by atoms with van der Waals surface area (Å²) >= 11 is 0. The molecule has 210 valence electrons. The average molecular weight is 535 g/mol. The zero-order valence-corrected chi connectivity index (χ0v) is 22.9. The van der Waals surface area contributed by atoms with Gasteiger partial charge in [0.2, 0.25) is 5.78 Å². The van der Waals surface area contributed by atoms with E-state index in [-0.39, 0.29) is 31.5 Å². The van der Waals surface area contributed by atoms with Crippen molar-refractivity contribution < 1.29 is 42.9 Å². The molecular formula is C29H39FO8. The molecule has 0 aromatic rings. The fourth-order valence-corrected chi connectivity index (χ4v) is 8.60. The number of esters is 2. The third-order valence-electron chi connectivity index (χ3n) is 10.5. The van der Waals surface area contributed by atoms with Crippen molar-refractivity contribution in [2.75, 3.05) is 6.61 Å². The average Bonchev–Trinajstić information content (AvgIpc) is 3.09. The molecule has 9 atom stereocenters. The Kier molecular flexibility index (Phi) is 7.26. The van der Waals surface area contributed by atoms with E-state index in [1.54, 1.807) is 34.6 Å². The summed E-state index contributed by atoms with van der Waals surface area (Å²) in [5.41, 5.74) is -5.60. The number of ether oxygens (including phenoxy) is 2. The molecule has 4 rings (SSSR count). The number of alkyl halides is 1. The van der Waals surface area contributed by atoms with Gasteiger partial charge in [-0.05, 0) is 44.1 Å². The van der Waals surface area contributed by atoms with Gasteiger partial charge in [0.15, 0.2) is 18.0 Å². The number of hydrogen-bond donors (Lipinski definition) is 1. The number of aliphatic hydroxyl groups is 1. The summed E-state index contributed by atoms with van der Waals surface area (Å²) in [7, 11) is 0. The molecule has 0 aromatic carbocycles. The van der Waals surface area contributed by atoms with Crippen LogP contribution in [-0.2, 0) is 33.4 Å². The first kappa shape index (κ1) is 28.6. The van der Waals surface area contributed by atoms with Gasteiger partial charge in [0.25, 0.3) is 0 Å². The van der Waals surface area contributed by atoms with Crippen molar-refractivity contribution in [3.05, 3.63) is 11.6 Å². The van der Waals surface area contributed by atoms with Gasteiger partial charge in [0.05, 0.1) is 12.0 Å². The molecule has 0 saturated heterocycles. The van der Waals surface area contributed by atoms with Crippen LogP contribution in [0.1, 0.15) is 79.6 Å². The van der Waals surface area contributed by atoms with Gasteiger partial charge in [0.1, 0.15) is 12.0 Å². The number of aldehydes is 1. The molecule has 1 unspecified atom stereocenters. The number of Topliss-reactive ketones (excluding diaryl/α,β-unsaturated/α-hetero) is 1. The van der Waals surface area contributed by atoms with Gasteiger partial charge in [0, 0.05) is 35.5 Å². The van der Waals surface area contributed by atoms with Crippen molar-refractivity contribution in [2.24, 2.45) is 34.5 Å². The Labute approximate surface area is 222 Å². The summed E-state index contributed by atoms with van der Waals surface area (Å²) in [6.07, 6.45) is 1.45. The fraction of sp³-hybridized carbons (Fsp3) is 0.759. The fourth-order valence-electron chi connectivity index (χ4n) is 8.60. The van der Waals surface area contributed by atoms with Crippen LogP contribution in [0.5, 0.6) is 0 Å². The van der Waals surface area contributed by atoms with Gasteiger partial charge in [-0.1, -0.05) is 40.2 Å². The maximum Gasteiger partial charge on any atom is 0.306 e. The van der Waals surface area contributed by atoms with Gasteiger partial charge in [-0.3, -0.25) is 19.2 Å². The minimum Gasteiger partial charge on any atom is -0.457 e. The highest BCUT2D eigenvalue weighted by atomic mass is 19.1. The van der Waals surface area contributed by atoms with Crippen molar-refractivity contribution in [2.45, 2.75) is 96.9 Å². The molecule has 0 bridgehead atoms. The van der Waals surface area contributed by atoms with Crippen LogP contribution >= 0.6 is 0 Å². The molecule has 9 heteroatoms. The maximum absolute atomic E-state index is 17.6. The van der Waals surface area contributed by atoms with Gasteiger partial charge in [-0.2, -0.15) is 0 Å². The molecule has 0 heterocycles. The van der Waals surface area contributed by atoms with Crippen LogP contribution in [0.2, 0.25) is 0 Å². The van der Waals surface area contributed by atoms with Gasteiger partial charge >= 0.3 is 11.9 Å². The van der Waals surface area contributed by atoms with E-state index < -0.39 is 76.2 Å². The highest BCUT2D eigenvalue weighted by molar-refractivity contribution is 6.02. The predicted octanol–water partition coefficient (Wildman–Crippen LogP) is 3.47. The topological polar surface area (TPSA) is 124 Å². The van der Waals surface area contributed by atoms with Crippen LogP contribution in [-0.4, -0.2) is 58.9 Å². The third kappa shape index (κ3) is 3.67. The molecule has 0 spiro atoms. The highest BCUT2D eigenvalue weighted by Gasteiger charge is 2.77. The van der Waals surface area contributed by atoms with Crippen molar-refractivity contribution in [1.82, 2.24) is 0 Å². The van der Waals surface area contributed by atoms with E-state index in [0.717, 1.165) is 0 Å². The molecule has 0 aromatic heterocycles. The Morgan fingerprint density at radius 1 is 1.13 bits per heavy atom. The second-order valence-electron chi connectivity index (χ2n) is 12.1. The molecule has 3 fully saturated rings. The molecule has 0 amide bonds. The van der Waals surface area contributed by atoms with E-state index in [1.807, 2.05) is 0 Å². The summed E-state index contributed by atoms with van der Waals surface area (Å²) in [6.45, 7) is 7.90. The normalized spacial score (nSPS) is 43.7. The van der Waals surface area contributed by atoms with Crippen LogP contribution in [0.15, 0.2) is 11.6 Å². The summed E-state index contributed by atoms with van der Waals surface area (Å²) in [5.74, 6) is -4.69. The number of carbonyl (C=O) groups excluding carboxylic acids is 5. The predicted molar refractivity (Wildman–Crippen MR) is 133 cm³/mol. The largest absolute Gasteiger partial charge is 0.457 e. The quantitative estimate of drug-likeness (QED) is 0.299. The molecule has 0 aliphatic heterocycles. The van der Waals surface area contributed by atoms with E-state index in [9.17, 15) is 29.1 Å². The summed E-state index contributed by atoms with van der Waals surface area (Å²) in [6, 6.07) is 0. The zero-order chi connectivity index (χ0) is 28.3. The minimum atomic E-state index is -2.15. The number of carbonyl (C=O) groups is 5. The lowest BCUT2D eigenvalue weighted by Gasteiger charge is -2.64. The van der Waals surface area contributed by atoms with Crippen LogP contribution in [0.4, 0.5) is 4.39 Å². The SMILES string of the molecule is CCC(=O)OCC(=O)[C@@]1(OC(=O)CC)[C@@H](C)C[C@H]2[C@@H]3CCC4=CC(=O)C(C=O)C[C@]4(C)[C@@]3(F)[C@@H](O)C[C@@]21C. The first-order chi connectivity index (χ1) is 17.8. The second kappa shape index (κ2) is 9.65. The first-order valence-corrected chi connectivity index (χ1v) is 13.7. The summed E-state index contributed by atoms with van der Waals surface area (Å²) < 4.78 is 28.8. The second-order valence-corrected chi connectivity index (χ2v) is 12.1. The Bertz CT molecular complexity index is 1080. The zero-order valence-electron chi connectivity index (χ0n) is 22.9. The summed E-state index contributed by atoms with van der Waals surface area (Å²) in [5, 5.41) is 11.6. The molecule has 1 N–H and O–H groups in total. The maximum atomic E-state index is 17.6. The van der Waals surface area contributed by atoms with Gasteiger partial charge < -0.3 is 19.4 Å². The molecular weight excluding hydrogens is 495 g/mol. The summed E-state index contributed by atoms with van der Waals surface area (Å²) in [4.78, 5) is 62.5. The molecule has 8 nitrogen and oxygen atoms in total. The highest BCUT2D eigenvalue weighted by Crippen LogP contribution is 2.72. The standard InChI is InChI=1S/C29H39FO8/c1-6-24(35)37-15-23(34)29(38-25(36)7-2)16(3)10-20-19-9-8-18-11-21(32)17(14-31)12-26(18,4)28(19,30)22(33)13-27(20,29)5/h11,14,16-17,19-20,22,33H,6-10,12-13,15H2,1-5H3/t16-,17?,19-,20-,22-,26-,27-,28-,29-/m0/s1. The lowest BCUT2D eigenvalue weighted by Crippen LogP contribution is -2.70. The number of rotatable bonds is 7. The first-order valence-electron chi connectivity index (χ1n) is 13.7. The third-order valence-corrected chi connectivity index (χ3v) is 10.5. The Morgan fingerprint density at radius 2 is 1.79 bits per heavy atom. The number of hydrogen-bond acceptors (Lipinski definition) is 8. The molecule has 0 radical (unpaired) electrons. The van der Waals surface area contributed by atoms with Gasteiger partial charge in [-0.25, -0.2) is 4.39 Å². The van der Waals surface area contributed by atoms with E-state index in [1.165, 1.54) is 6.08 Å². The molecule has 3 saturated carbocycles. The van der Waals surface area contributed by atoms with Crippen LogP contribution in [0.25, 0.3) is 0 Å². The monoisotopic (exact) mass is 534 g/mol. The Hall–Kier alpha value is -2.42.